The standard InChI is InChI=1S/C19H15FN4O6/c1-2-30-13-6-4-12(5-7-13)23-18(26)14(10-21-19(23)27)17(25)22-11-3-8-15(20)16(9-11)24(28)29/h3-10H,2H2,1H3,(H,21,27)(H,22,25). The zero-order valence-corrected chi connectivity index (χ0v) is 15.5. The molecule has 30 heavy (non-hydrogen) atoms. The van der Waals surface area contributed by atoms with Crippen LogP contribution in [-0.2, 0) is 0 Å². The fraction of sp³-hybridized carbons (Fsp3) is 0.105. The van der Waals surface area contributed by atoms with Gasteiger partial charge in [-0.3, -0.25) is 19.7 Å². The number of ether oxygens (including phenoxy) is 1. The molecular weight excluding hydrogens is 399 g/mol. The Hall–Kier alpha value is -4.28. The molecule has 2 aromatic carbocycles. The molecule has 2 N–H and O–H groups in total. The van der Waals surface area contributed by atoms with Gasteiger partial charge in [-0.25, -0.2) is 9.36 Å². The average molecular weight is 414 g/mol. The number of hydrogen-bond donors (Lipinski definition) is 2. The Morgan fingerprint density at radius 3 is 2.57 bits per heavy atom. The summed E-state index contributed by atoms with van der Waals surface area (Å²) < 4.78 is 19.5. The molecule has 0 saturated carbocycles. The molecular formula is C19H15FN4O6. The van der Waals surface area contributed by atoms with Crippen molar-refractivity contribution >= 4 is 17.3 Å². The van der Waals surface area contributed by atoms with Gasteiger partial charge in [0.25, 0.3) is 11.5 Å². The van der Waals surface area contributed by atoms with E-state index in [9.17, 15) is 28.9 Å². The molecule has 3 aromatic rings. The van der Waals surface area contributed by atoms with Crippen molar-refractivity contribution in [2.75, 3.05) is 11.9 Å². The number of nitro benzene ring substituents is 1. The highest BCUT2D eigenvalue weighted by Gasteiger charge is 2.19. The Morgan fingerprint density at radius 1 is 1.23 bits per heavy atom. The van der Waals surface area contributed by atoms with Gasteiger partial charge in [0.2, 0.25) is 5.82 Å². The van der Waals surface area contributed by atoms with Gasteiger partial charge in [0.15, 0.2) is 0 Å². The summed E-state index contributed by atoms with van der Waals surface area (Å²) in [6, 6.07) is 8.84. The number of nitrogens with one attached hydrogen (secondary N) is 2. The minimum atomic E-state index is -1.07. The maximum absolute atomic E-state index is 13.5. The van der Waals surface area contributed by atoms with Gasteiger partial charge >= 0.3 is 11.4 Å². The number of H-pyrrole nitrogens is 1. The third-order valence-corrected chi connectivity index (χ3v) is 4.03. The first kappa shape index (κ1) is 20.5. The normalized spacial score (nSPS) is 10.5. The molecule has 0 aliphatic heterocycles. The molecule has 0 atom stereocenters. The highest BCUT2D eigenvalue weighted by Crippen LogP contribution is 2.22. The third kappa shape index (κ3) is 4.09. The average Bonchev–Trinajstić information content (AvgIpc) is 2.70. The maximum atomic E-state index is 13.5. The van der Waals surface area contributed by atoms with Crippen molar-refractivity contribution in [2.45, 2.75) is 6.92 Å². The minimum Gasteiger partial charge on any atom is -0.494 e. The van der Waals surface area contributed by atoms with Crippen LogP contribution in [0.25, 0.3) is 5.69 Å². The quantitative estimate of drug-likeness (QED) is 0.469. The van der Waals surface area contributed by atoms with E-state index in [-0.39, 0.29) is 11.4 Å². The second kappa shape index (κ2) is 8.39. The minimum absolute atomic E-state index is 0.0914. The molecule has 10 nitrogen and oxygen atoms in total. The second-order valence-electron chi connectivity index (χ2n) is 5.95. The van der Waals surface area contributed by atoms with Crippen LogP contribution in [0.5, 0.6) is 5.75 Å². The van der Waals surface area contributed by atoms with E-state index in [4.69, 9.17) is 4.74 Å². The first-order chi connectivity index (χ1) is 14.3. The van der Waals surface area contributed by atoms with E-state index >= 15 is 0 Å². The molecule has 0 saturated heterocycles. The van der Waals surface area contributed by atoms with Crippen molar-refractivity contribution in [3.8, 4) is 11.4 Å². The van der Waals surface area contributed by atoms with Crippen molar-refractivity contribution in [2.24, 2.45) is 0 Å². The molecule has 0 radical (unpaired) electrons. The molecule has 0 spiro atoms. The van der Waals surface area contributed by atoms with Crippen molar-refractivity contribution in [1.29, 1.82) is 0 Å². The summed E-state index contributed by atoms with van der Waals surface area (Å²) in [4.78, 5) is 49.6. The summed E-state index contributed by atoms with van der Waals surface area (Å²) in [6.45, 7) is 2.25. The lowest BCUT2D eigenvalue weighted by Crippen LogP contribution is -2.38. The predicted octanol–water partition coefficient (Wildman–Crippen LogP) is 2.22. The van der Waals surface area contributed by atoms with Gasteiger partial charge in [-0.05, 0) is 43.3 Å². The Kier molecular flexibility index (Phi) is 5.72. The molecule has 0 unspecified atom stereocenters. The number of carbonyl (C=O) groups excluding carboxylic acids is 1. The molecule has 0 aliphatic rings. The fourth-order valence-electron chi connectivity index (χ4n) is 2.66. The van der Waals surface area contributed by atoms with E-state index in [1.807, 2.05) is 0 Å². The molecule has 0 fully saturated rings. The molecule has 1 heterocycles. The van der Waals surface area contributed by atoms with Crippen LogP contribution in [0.1, 0.15) is 17.3 Å². The molecule has 0 aliphatic carbocycles. The van der Waals surface area contributed by atoms with Gasteiger partial charge in [-0.15, -0.1) is 0 Å². The number of hydrogen-bond acceptors (Lipinski definition) is 6. The summed E-state index contributed by atoms with van der Waals surface area (Å²) in [5.41, 5.74) is -2.81. The van der Waals surface area contributed by atoms with E-state index in [2.05, 4.69) is 10.3 Å². The first-order valence-corrected chi connectivity index (χ1v) is 8.65. The van der Waals surface area contributed by atoms with Crippen molar-refractivity contribution in [1.82, 2.24) is 9.55 Å². The summed E-state index contributed by atoms with van der Waals surface area (Å²) >= 11 is 0. The predicted molar refractivity (Wildman–Crippen MR) is 105 cm³/mol. The van der Waals surface area contributed by atoms with Crippen LogP contribution < -0.4 is 21.3 Å². The third-order valence-electron chi connectivity index (χ3n) is 4.03. The lowest BCUT2D eigenvalue weighted by molar-refractivity contribution is -0.387. The van der Waals surface area contributed by atoms with Gasteiger partial charge in [-0.1, -0.05) is 0 Å². The maximum Gasteiger partial charge on any atom is 0.333 e. The van der Waals surface area contributed by atoms with Crippen LogP contribution in [0.15, 0.2) is 58.3 Å². The molecule has 11 heteroatoms. The number of aromatic amines is 1. The fourth-order valence-corrected chi connectivity index (χ4v) is 2.66. The lowest BCUT2D eigenvalue weighted by atomic mass is 10.2. The van der Waals surface area contributed by atoms with Crippen molar-refractivity contribution in [3.05, 3.63) is 91.0 Å². The molecule has 0 bridgehead atoms. The molecule has 1 amide bonds. The number of aromatic nitrogens is 2. The second-order valence-corrected chi connectivity index (χ2v) is 5.95. The number of halogens is 1. The zero-order valence-electron chi connectivity index (χ0n) is 15.5. The van der Waals surface area contributed by atoms with Crippen molar-refractivity contribution < 1.29 is 18.8 Å². The monoisotopic (exact) mass is 414 g/mol. The van der Waals surface area contributed by atoms with E-state index in [1.54, 1.807) is 19.1 Å². The first-order valence-electron chi connectivity index (χ1n) is 8.65. The zero-order chi connectivity index (χ0) is 21.8. The Labute approximate surface area is 167 Å². The van der Waals surface area contributed by atoms with E-state index < -0.39 is 39.1 Å². The number of rotatable bonds is 6. The Balaban J connectivity index is 1.96. The Bertz CT molecular complexity index is 1230. The highest BCUT2D eigenvalue weighted by molar-refractivity contribution is 6.04. The van der Waals surface area contributed by atoms with E-state index in [1.165, 1.54) is 12.1 Å². The van der Waals surface area contributed by atoms with Gasteiger partial charge in [0, 0.05) is 18.0 Å². The van der Waals surface area contributed by atoms with Gasteiger partial charge in [-0.2, -0.15) is 4.39 Å². The van der Waals surface area contributed by atoms with Crippen LogP contribution in [0.3, 0.4) is 0 Å². The van der Waals surface area contributed by atoms with Crippen LogP contribution >= 0.6 is 0 Å². The van der Waals surface area contributed by atoms with Crippen molar-refractivity contribution in [3.63, 3.8) is 0 Å². The largest absolute Gasteiger partial charge is 0.494 e. The number of nitrogens with zero attached hydrogens (tertiary/aromatic N) is 2. The molecule has 154 valence electrons. The van der Waals surface area contributed by atoms with Crippen LogP contribution in [0, 0.1) is 15.9 Å². The van der Waals surface area contributed by atoms with Gasteiger partial charge in [0.1, 0.15) is 11.3 Å². The van der Waals surface area contributed by atoms with Crippen LogP contribution in [0.2, 0.25) is 0 Å². The summed E-state index contributed by atoms with van der Waals surface area (Å²) in [7, 11) is 0. The summed E-state index contributed by atoms with van der Waals surface area (Å²) in [6.07, 6.45) is 0.934. The van der Waals surface area contributed by atoms with Gasteiger partial charge < -0.3 is 15.0 Å². The Morgan fingerprint density at radius 2 is 1.93 bits per heavy atom. The van der Waals surface area contributed by atoms with Crippen LogP contribution in [0.4, 0.5) is 15.8 Å². The summed E-state index contributed by atoms with van der Waals surface area (Å²) in [5, 5.41) is 13.1. The van der Waals surface area contributed by atoms with Gasteiger partial charge in [0.05, 0.1) is 17.2 Å². The summed E-state index contributed by atoms with van der Waals surface area (Å²) in [5.74, 6) is -1.46. The number of carbonyl (C=O) groups is 1. The SMILES string of the molecule is CCOc1ccc(-n2c(=O)[nH]cc(C(=O)Nc3ccc(F)c([N+](=O)[O-])c3)c2=O)cc1. The number of nitro groups is 1. The topological polar surface area (TPSA) is 136 Å². The number of amides is 1. The number of benzene rings is 2. The smallest absolute Gasteiger partial charge is 0.333 e. The lowest BCUT2D eigenvalue weighted by Gasteiger charge is -2.09. The van der Waals surface area contributed by atoms with E-state index in [0.717, 1.165) is 29.0 Å². The van der Waals surface area contributed by atoms with Crippen LogP contribution in [-0.4, -0.2) is 27.0 Å². The van der Waals surface area contributed by atoms with E-state index in [0.29, 0.717) is 12.4 Å². The molecule has 3 rings (SSSR count). The molecule has 1 aromatic heterocycles. The number of anilines is 1. The highest BCUT2D eigenvalue weighted by atomic mass is 19.1.